The topological polar surface area (TPSA) is 134 Å². The summed E-state index contributed by atoms with van der Waals surface area (Å²) in [5.41, 5.74) is 0. The van der Waals surface area contributed by atoms with Crippen LogP contribution < -0.4 is 10.0 Å². The summed E-state index contributed by atoms with van der Waals surface area (Å²) >= 11 is 0. The van der Waals surface area contributed by atoms with E-state index in [2.05, 4.69) is 24.7 Å². The van der Waals surface area contributed by atoms with Crippen molar-refractivity contribution in [3.63, 3.8) is 0 Å². The SMILES string of the molecule is O=C(O)CNCCNS(=O)(=O)c1nnco1. The Labute approximate surface area is 90.9 Å². The Bertz CT molecular complexity index is 428. The van der Waals surface area contributed by atoms with Gasteiger partial charge in [-0.15, -0.1) is 5.10 Å². The molecule has 0 saturated heterocycles. The summed E-state index contributed by atoms with van der Waals surface area (Å²) in [6.45, 7) is -0.0278. The van der Waals surface area contributed by atoms with Crippen LogP contribution in [0.1, 0.15) is 0 Å². The Kier molecular flexibility index (Phi) is 4.34. The molecule has 0 aliphatic heterocycles. The molecule has 10 heteroatoms. The molecule has 90 valence electrons. The van der Waals surface area contributed by atoms with Crippen molar-refractivity contribution in [2.75, 3.05) is 19.6 Å². The van der Waals surface area contributed by atoms with E-state index in [4.69, 9.17) is 5.11 Å². The first kappa shape index (κ1) is 12.5. The third-order valence-electron chi connectivity index (χ3n) is 1.44. The molecule has 0 radical (unpaired) electrons. The average Bonchev–Trinajstić information content (AvgIpc) is 2.69. The molecule has 0 aromatic carbocycles. The highest BCUT2D eigenvalue weighted by molar-refractivity contribution is 7.89. The van der Waals surface area contributed by atoms with Crippen LogP contribution in [0.5, 0.6) is 0 Å². The van der Waals surface area contributed by atoms with Crippen LogP contribution in [0.25, 0.3) is 0 Å². The Hall–Kier alpha value is -1.52. The van der Waals surface area contributed by atoms with Crippen molar-refractivity contribution in [3.05, 3.63) is 6.39 Å². The third-order valence-corrected chi connectivity index (χ3v) is 2.66. The largest absolute Gasteiger partial charge is 0.480 e. The molecule has 0 bridgehead atoms. The number of carbonyl (C=O) groups is 1. The van der Waals surface area contributed by atoms with Gasteiger partial charge in [0.25, 0.3) is 10.0 Å². The lowest BCUT2D eigenvalue weighted by Crippen LogP contribution is -2.34. The van der Waals surface area contributed by atoms with Gasteiger partial charge in [-0.05, 0) is 0 Å². The molecule has 3 N–H and O–H groups in total. The van der Waals surface area contributed by atoms with Crippen LogP contribution >= 0.6 is 0 Å². The van der Waals surface area contributed by atoms with Gasteiger partial charge in [0.2, 0.25) is 6.39 Å². The molecule has 16 heavy (non-hydrogen) atoms. The van der Waals surface area contributed by atoms with E-state index in [0.717, 1.165) is 6.39 Å². The van der Waals surface area contributed by atoms with Crippen molar-refractivity contribution in [3.8, 4) is 0 Å². The van der Waals surface area contributed by atoms with Crippen LogP contribution in [-0.4, -0.2) is 49.3 Å². The van der Waals surface area contributed by atoms with Crippen LogP contribution in [0.4, 0.5) is 0 Å². The van der Waals surface area contributed by atoms with Crippen LogP contribution in [0.3, 0.4) is 0 Å². The molecular formula is C6H10N4O5S. The second-order valence-corrected chi connectivity index (χ2v) is 4.32. The maximum Gasteiger partial charge on any atom is 0.351 e. The van der Waals surface area contributed by atoms with E-state index >= 15 is 0 Å². The fourth-order valence-electron chi connectivity index (χ4n) is 0.811. The van der Waals surface area contributed by atoms with Gasteiger partial charge < -0.3 is 14.8 Å². The summed E-state index contributed by atoms with van der Waals surface area (Å²) in [5.74, 6) is -1.01. The number of carboxylic acids is 1. The second-order valence-electron chi connectivity index (χ2n) is 2.67. The van der Waals surface area contributed by atoms with E-state index in [9.17, 15) is 13.2 Å². The molecule has 0 unspecified atom stereocenters. The van der Waals surface area contributed by atoms with Crippen molar-refractivity contribution < 1.29 is 22.7 Å². The third kappa shape index (κ3) is 3.92. The van der Waals surface area contributed by atoms with Crippen molar-refractivity contribution in [1.29, 1.82) is 0 Å². The number of nitrogens with zero attached hydrogens (tertiary/aromatic N) is 2. The molecule has 1 rings (SSSR count). The Balaban J connectivity index is 2.30. The normalized spacial score (nSPS) is 11.5. The molecule has 0 atom stereocenters. The van der Waals surface area contributed by atoms with Crippen molar-refractivity contribution in [2.45, 2.75) is 5.22 Å². The number of sulfonamides is 1. The minimum atomic E-state index is -3.80. The van der Waals surface area contributed by atoms with Gasteiger partial charge in [0, 0.05) is 13.1 Å². The predicted molar refractivity (Wildman–Crippen MR) is 50.0 cm³/mol. The molecule has 1 aromatic heterocycles. The Morgan fingerprint density at radius 1 is 1.50 bits per heavy atom. The van der Waals surface area contributed by atoms with Gasteiger partial charge in [0.15, 0.2) is 0 Å². The predicted octanol–water partition coefficient (Wildman–Crippen LogP) is -1.98. The number of rotatable bonds is 7. The molecular weight excluding hydrogens is 240 g/mol. The molecule has 0 amide bonds. The minimum absolute atomic E-state index is 0.0258. The van der Waals surface area contributed by atoms with Gasteiger partial charge in [0.05, 0.1) is 6.54 Å². The van der Waals surface area contributed by atoms with Crippen LogP contribution in [0.15, 0.2) is 16.0 Å². The summed E-state index contributed by atoms with van der Waals surface area (Å²) in [5, 5.41) is 16.7. The molecule has 9 nitrogen and oxygen atoms in total. The molecule has 0 saturated carbocycles. The summed E-state index contributed by atoms with van der Waals surface area (Å²) in [6.07, 6.45) is 0.900. The smallest absolute Gasteiger partial charge is 0.351 e. The Morgan fingerprint density at radius 3 is 2.81 bits per heavy atom. The minimum Gasteiger partial charge on any atom is -0.480 e. The van der Waals surface area contributed by atoms with E-state index in [1.165, 1.54) is 0 Å². The van der Waals surface area contributed by atoms with Gasteiger partial charge in [-0.1, -0.05) is 5.10 Å². The number of carboxylic acid groups (broad SMARTS) is 1. The number of aromatic nitrogens is 2. The lowest BCUT2D eigenvalue weighted by Gasteiger charge is -2.02. The van der Waals surface area contributed by atoms with Gasteiger partial charge in [-0.2, -0.15) is 0 Å². The maximum absolute atomic E-state index is 11.3. The van der Waals surface area contributed by atoms with Gasteiger partial charge in [-0.3, -0.25) is 4.79 Å². The van der Waals surface area contributed by atoms with Crippen LogP contribution in [0.2, 0.25) is 0 Å². The monoisotopic (exact) mass is 250 g/mol. The second kappa shape index (κ2) is 5.53. The Morgan fingerprint density at radius 2 is 2.25 bits per heavy atom. The fourth-order valence-corrected chi connectivity index (χ4v) is 1.63. The molecule has 0 aliphatic rings. The fraction of sp³-hybridized carbons (Fsp3) is 0.500. The van der Waals surface area contributed by atoms with Crippen LogP contribution in [0, 0.1) is 0 Å². The highest BCUT2D eigenvalue weighted by atomic mass is 32.2. The summed E-state index contributed by atoms with van der Waals surface area (Å²) in [7, 11) is -3.80. The van der Waals surface area contributed by atoms with E-state index in [1.54, 1.807) is 0 Å². The number of aliphatic carboxylic acids is 1. The first-order valence-electron chi connectivity index (χ1n) is 4.21. The van der Waals surface area contributed by atoms with Gasteiger partial charge in [-0.25, -0.2) is 13.1 Å². The lowest BCUT2D eigenvalue weighted by atomic mass is 10.6. The van der Waals surface area contributed by atoms with E-state index in [1.807, 2.05) is 0 Å². The molecule has 1 aromatic rings. The van der Waals surface area contributed by atoms with E-state index < -0.39 is 21.2 Å². The maximum atomic E-state index is 11.3. The highest BCUT2D eigenvalue weighted by Crippen LogP contribution is 2.00. The van der Waals surface area contributed by atoms with Crippen LogP contribution in [-0.2, 0) is 14.8 Å². The number of hydrogen-bond donors (Lipinski definition) is 3. The van der Waals surface area contributed by atoms with E-state index in [-0.39, 0.29) is 19.6 Å². The quantitative estimate of drug-likeness (QED) is 0.474. The highest BCUT2D eigenvalue weighted by Gasteiger charge is 2.18. The molecule has 0 spiro atoms. The molecule has 0 aliphatic carbocycles. The molecule has 1 heterocycles. The average molecular weight is 250 g/mol. The van der Waals surface area contributed by atoms with Gasteiger partial charge >= 0.3 is 11.2 Å². The zero-order chi connectivity index (χ0) is 12.0. The lowest BCUT2D eigenvalue weighted by molar-refractivity contribution is -0.135. The summed E-state index contributed by atoms with van der Waals surface area (Å²) in [4.78, 5) is 10.1. The van der Waals surface area contributed by atoms with Crippen molar-refractivity contribution in [1.82, 2.24) is 20.2 Å². The standard InChI is InChI=1S/C6H10N4O5S/c11-5(12)3-7-1-2-9-16(13,14)6-10-8-4-15-6/h4,7,9H,1-3H2,(H,11,12). The van der Waals surface area contributed by atoms with E-state index in [0.29, 0.717) is 0 Å². The first-order valence-corrected chi connectivity index (χ1v) is 5.69. The zero-order valence-electron chi connectivity index (χ0n) is 8.08. The van der Waals surface area contributed by atoms with Crippen molar-refractivity contribution >= 4 is 16.0 Å². The zero-order valence-corrected chi connectivity index (χ0v) is 8.90. The first-order chi connectivity index (χ1) is 7.52. The van der Waals surface area contributed by atoms with Gasteiger partial charge in [0.1, 0.15) is 0 Å². The number of hydrogen-bond acceptors (Lipinski definition) is 7. The molecule has 0 fully saturated rings. The summed E-state index contributed by atoms with van der Waals surface area (Å²) in [6, 6.07) is 0. The van der Waals surface area contributed by atoms with Crippen molar-refractivity contribution in [2.24, 2.45) is 0 Å². The number of nitrogens with one attached hydrogen (secondary N) is 2. The summed E-state index contributed by atoms with van der Waals surface area (Å²) < 4.78 is 29.3.